The Morgan fingerprint density at radius 3 is 2.72 bits per heavy atom. The number of rotatable bonds is 3. The second kappa shape index (κ2) is 7.04. The average molecular weight is 249 g/mol. The highest BCUT2D eigenvalue weighted by atomic mass is 16.5. The Morgan fingerprint density at radius 1 is 1.33 bits per heavy atom. The molecule has 0 spiro atoms. The lowest BCUT2D eigenvalue weighted by Crippen LogP contribution is -2.39. The van der Waals surface area contributed by atoms with Gasteiger partial charge in [-0.3, -0.25) is 4.79 Å². The van der Waals surface area contributed by atoms with Gasteiger partial charge in [-0.05, 0) is 31.0 Å². The van der Waals surface area contributed by atoms with Gasteiger partial charge in [-0.15, -0.1) is 0 Å². The molecule has 1 amide bonds. The van der Waals surface area contributed by atoms with Crippen LogP contribution in [-0.2, 0) is 4.79 Å². The minimum atomic E-state index is 0.0616. The van der Waals surface area contributed by atoms with Gasteiger partial charge in [0.25, 0.3) is 5.91 Å². The molecule has 0 radical (unpaired) electrons. The van der Waals surface area contributed by atoms with Crippen molar-refractivity contribution in [2.45, 2.75) is 40.5 Å². The fourth-order valence-corrected chi connectivity index (χ4v) is 1.87. The molecule has 0 bridgehead atoms. The Labute approximate surface area is 110 Å². The quantitative estimate of drug-likeness (QED) is 0.820. The van der Waals surface area contributed by atoms with Crippen molar-refractivity contribution < 1.29 is 9.53 Å². The van der Waals surface area contributed by atoms with Crippen molar-refractivity contribution in [1.29, 1.82) is 0 Å². The van der Waals surface area contributed by atoms with Crippen molar-refractivity contribution in [1.82, 2.24) is 0 Å². The molecule has 3 heteroatoms. The number of carbonyl (C=O) groups excluding carboxylic acids is 1. The van der Waals surface area contributed by atoms with Gasteiger partial charge in [-0.25, -0.2) is 0 Å². The Balaban J connectivity index is 0.000000771. The van der Waals surface area contributed by atoms with Crippen LogP contribution in [0.25, 0.3) is 0 Å². The lowest BCUT2D eigenvalue weighted by Gasteiger charge is -2.29. The van der Waals surface area contributed by atoms with Gasteiger partial charge in [0.2, 0.25) is 0 Å². The predicted octanol–water partition coefficient (Wildman–Crippen LogP) is 3.55. The van der Waals surface area contributed by atoms with E-state index < -0.39 is 0 Å². The van der Waals surface area contributed by atoms with Gasteiger partial charge >= 0.3 is 0 Å². The number of carbonyl (C=O) groups is 1. The van der Waals surface area contributed by atoms with Crippen LogP contribution in [0, 0.1) is 6.92 Å². The highest BCUT2D eigenvalue weighted by molar-refractivity contribution is 5.97. The molecule has 3 nitrogen and oxygen atoms in total. The molecule has 2 rings (SSSR count). The van der Waals surface area contributed by atoms with Crippen LogP contribution in [0.3, 0.4) is 0 Å². The monoisotopic (exact) mass is 249 g/mol. The molecule has 1 heterocycles. The number of fused-ring (bicyclic) bond motifs is 1. The van der Waals surface area contributed by atoms with E-state index in [-0.39, 0.29) is 12.5 Å². The first-order chi connectivity index (χ1) is 8.72. The summed E-state index contributed by atoms with van der Waals surface area (Å²) in [4.78, 5) is 13.6. The van der Waals surface area contributed by atoms with E-state index >= 15 is 0 Å². The van der Waals surface area contributed by atoms with E-state index in [4.69, 9.17) is 4.74 Å². The summed E-state index contributed by atoms with van der Waals surface area (Å²) in [5, 5.41) is 0. The summed E-state index contributed by atoms with van der Waals surface area (Å²) in [7, 11) is 0. The lowest BCUT2D eigenvalue weighted by molar-refractivity contribution is -0.121. The number of nitrogens with zero attached hydrogens (tertiary/aromatic N) is 1. The first-order valence-corrected chi connectivity index (χ1v) is 6.76. The molecule has 0 atom stereocenters. The maximum Gasteiger partial charge on any atom is 0.265 e. The van der Waals surface area contributed by atoms with Gasteiger partial charge in [0.1, 0.15) is 5.75 Å². The summed E-state index contributed by atoms with van der Waals surface area (Å²) in [5.74, 6) is 0.882. The maximum atomic E-state index is 11.8. The van der Waals surface area contributed by atoms with E-state index in [0.29, 0.717) is 0 Å². The molecular weight excluding hydrogens is 226 g/mol. The normalized spacial score (nSPS) is 13.3. The molecule has 1 aliphatic heterocycles. The molecular formula is C15H23NO2. The fraction of sp³-hybridized carbons (Fsp3) is 0.533. The van der Waals surface area contributed by atoms with E-state index in [9.17, 15) is 4.79 Å². The zero-order valence-corrected chi connectivity index (χ0v) is 11.8. The Bertz CT molecular complexity index is 401. The molecule has 1 aromatic carbocycles. The molecule has 18 heavy (non-hydrogen) atoms. The van der Waals surface area contributed by atoms with Crippen LogP contribution in [-0.4, -0.2) is 19.1 Å². The van der Waals surface area contributed by atoms with Crippen molar-refractivity contribution >= 4 is 11.6 Å². The van der Waals surface area contributed by atoms with E-state index in [1.54, 1.807) is 0 Å². The predicted molar refractivity (Wildman–Crippen MR) is 75.3 cm³/mol. The molecule has 0 N–H and O–H groups in total. The van der Waals surface area contributed by atoms with Crippen molar-refractivity contribution in [2.24, 2.45) is 0 Å². The van der Waals surface area contributed by atoms with Crippen molar-refractivity contribution in [3.63, 3.8) is 0 Å². The second-order valence-electron chi connectivity index (χ2n) is 4.16. The van der Waals surface area contributed by atoms with Gasteiger partial charge in [0.15, 0.2) is 6.61 Å². The summed E-state index contributed by atoms with van der Waals surface area (Å²) in [6, 6.07) is 5.96. The molecule has 100 valence electrons. The van der Waals surface area contributed by atoms with Crippen LogP contribution in [0.4, 0.5) is 5.69 Å². The van der Waals surface area contributed by atoms with Crippen LogP contribution < -0.4 is 9.64 Å². The number of anilines is 1. The number of aryl methyl sites for hydroxylation is 1. The largest absolute Gasteiger partial charge is 0.482 e. The summed E-state index contributed by atoms with van der Waals surface area (Å²) in [5.41, 5.74) is 2.07. The first kappa shape index (κ1) is 14.6. The highest BCUT2D eigenvalue weighted by Gasteiger charge is 2.24. The lowest BCUT2D eigenvalue weighted by atomic mass is 10.1. The van der Waals surface area contributed by atoms with Crippen LogP contribution in [0.2, 0.25) is 0 Å². The van der Waals surface area contributed by atoms with Gasteiger partial charge in [0, 0.05) is 6.54 Å². The van der Waals surface area contributed by atoms with Crippen LogP contribution in [0.15, 0.2) is 18.2 Å². The van der Waals surface area contributed by atoms with Crippen LogP contribution >= 0.6 is 0 Å². The summed E-state index contributed by atoms with van der Waals surface area (Å²) >= 11 is 0. The molecule has 0 fully saturated rings. The second-order valence-corrected chi connectivity index (χ2v) is 4.16. The number of hydrogen-bond donors (Lipinski definition) is 0. The molecule has 0 saturated carbocycles. The Morgan fingerprint density at radius 2 is 2.06 bits per heavy atom. The van der Waals surface area contributed by atoms with Crippen molar-refractivity contribution in [2.75, 3.05) is 18.1 Å². The van der Waals surface area contributed by atoms with Crippen LogP contribution in [0.1, 0.15) is 39.2 Å². The van der Waals surface area contributed by atoms with Crippen molar-refractivity contribution in [3.05, 3.63) is 23.8 Å². The van der Waals surface area contributed by atoms with Crippen molar-refractivity contribution in [3.8, 4) is 5.75 Å². The SMILES string of the molecule is CC.CCCCN1C(=O)COc2ccc(C)cc21. The minimum absolute atomic E-state index is 0.0616. The molecule has 0 aliphatic carbocycles. The number of hydrogen-bond acceptors (Lipinski definition) is 2. The zero-order chi connectivity index (χ0) is 13.5. The summed E-state index contributed by atoms with van der Waals surface area (Å²) in [6.45, 7) is 9.11. The van der Waals surface area contributed by atoms with E-state index in [1.807, 2.05) is 43.9 Å². The van der Waals surface area contributed by atoms with E-state index in [0.717, 1.165) is 36.4 Å². The van der Waals surface area contributed by atoms with E-state index in [1.165, 1.54) is 0 Å². The highest BCUT2D eigenvalue weighted by Crippen LogP contribution is 2.32. The molecule has 0 unspecified atom stereocenters. The van der Waals surface area contributed by atoms with Gasteiger partial charge in [0.05, 0.1) is 5.69 Å². The molecule has 0 saturated heterocycles. The third kappa shape index (κ3) is 3.25. The van der Waals surface area contributed by atoms with Gasteiger partial charge < -0.3 is 9.64 Å². The van der Waals surface area contributed by atoms with Gasteiger partial charge in [-0.1, -0.05) is 33.3 Å². The number of benzene rings is 1. The topological polar surface area (TPSA) is 29.5 Å². The number of ether oxygens (including phenoxy) is 1. The zero-order valence-electron chi connectivity index (χ0n) is 11.8. The third-order valence-electron chi connectivity index (χ3n) is 2.79. The van der Waals surface area contributed by atoms with Gasteiger partial charge in [-0.2, -0.15) is 0 Å². The maximum absolute atomic E-state index is 11.8. The Kier molecular flexibility index (Phi) is 5.69. The van der Waals surface area contributed by atoms with Crippen LogP contribution in [0.5, 0.6) is 5.75 Å². The summed E-state index contributed by atoms with van der Waals surface area (Å²) < 4.78 is 5.41. The number of amides is 1. The third-order valence-corrected chi connectivity index (χ3v) is 2.79. The molecule has 1 aromatic rings. The first-order valence-electron chi connectivity index (χ1n) is 6.76. The Hall–Kier alpha value is -1.51. The fourth-order valence-electron chi connectivity index (χ4n) is 1.87. The van der Waals surface area contributed by atoms with E-state index in [2.05, 4.69) is 6.92 Å². The smallest absolute Gasteiger partial charge is 0.265 e. The standard InChI is InChI=1S/C13H17NO2.C2H6/c1-3-4-7-14-11-8-10(2)5-6-12(11)16-9-13(14)15;1-2/h5-6,8H,3-4,7,9H2,1-2H3;1-2H3. The minimum Gasteiger partial charge on any atom is -0.482 e. The molecule has 0 aromatic heterocycles. The molecule has 1 aliphatic rings. The summed E-state index contributed by atoms with van der Waals surface area (Å²) in [6.07, 6.45) is 2.12. The number of unbranched alkanes of at least 4 members (excludes halogenated alkanes) is 1. The average Bonchev–Trinajstić information content (AvgIpc) is 2.40.